The third-order valence-corrected chi connectivity index (χ3v) is 17.2. The highest BCUT2D eigenvalue weighted by molar-refractivity contribution is 6.74. The number of hydrogen-bond acceptors (Lipinski definition) is 5. The molecule has 0 heterocycles. The fourth-order valence-electron chi connectivity index (χ4n) is 3.61. The first-order valence-electron chi connectivity index (χ1n) is 13.2. The van der Waals surface area contributed by atoms with Gasteiger partial charge in [0.05, 0.1) is 17.8 Å². The molecule has 0 saturated carbocycles. The molecule has 1 rings (SSSR count). The van der Waals surface area contributed by atoms with Gasteiger partial charge in [0.15, 0.2) is 16.6 Å². The molecule has 1 N–H and O–H groups in total. The largest absolute Gasteiger partial charge is 0.459 e. The molecule has 200 valence electrons. The molecule has 0 unspecified atom stereocenters. The molecule has 0 radical (unpaired) electrons. The molecule has 0 bridgehead atoms. The molecular weight excluding hydrogens is 460 g/mol. The molecule has 4 atom stereocenters. The predicted octanol–water partition coefficient (Wildman–Crippen LogP) is 7.22. The van der Waals surface area contributed by atoms with Crippen molar-refractivity contribution in [3.8, 4) is 0 Å². The molecule has 1 aliphatic carbocycles. The van der Waals surface area contributed by atoms with Gasteiger partial charge in [0.1, 0.15) is 6.10 Å². The Labute approximate surface area is 212 Å². The van der Waals surface area contributed by atoms with E-state index in [-0.39, 0.29) is 28.1 Å². The van der Waals surface area contributed by atoms with E-state index in [0.717, 1.165) is 19.3 Å². The predicted molar refractivity (Wildman–Crippen MR) is 147 cm³/mol. The quantitative estimate of drug-likeness (QED) is 0.233. The van der Waals surface area contributed by atoms with E-state index in [4.69, 9.17) is 13.6 Å². The highest BCUT2D eigenvalue weighted by Crippen LogP contribution is 2.42. The van der Waals surface area contributed by atoms with E-state index in [1.54, 1.807) is 0 Å². The van der Waals surface area contributed by atoms with Crippen LogP contribution in [0.25, 0.3) is 0 Å². The summed E-state index contributed by atoms with van der Waals surface area (Å²) in [7, 11) is -3.99. The van der Waals surface area contributed by atoms with Gasteiger partial charge in [0.2, 0.25) is 0 Å². The zero-order chi connectivity index (χ0) is 26.5. The lowest BCUT2D eigenvalue weighted by atomic mass is 9.80. The summed E-state index contributed by atoms with van der Waals surface area (Å²) in [6.07, 6.45) is 4.73. The summed E-state index contributed by atoms with van der Waals surface area (Å²) in [5, 5.41) is 11.0. The van der Waals surface area contributed by atoms with E-state index in [2.05, 4.69) is 74.7 Å². The van der Waals surface area contributed by atoms with Crippen molar-refractivity contribution in [2.45, 2.75) is 142 Å². The van der Waals surface area contributed by atoms with Crippen molar-refractivity contribution in [2.75, 3.05) is 6.61 Å². The zero-order valence-electron chi connectivity index (χ0n) is 24.2. The Hall–Kier alpha value is -0.476. The average molecular weight is 515 g/mol. The Bertz CT molecular complexity index is 688. The van der Waals surface area contributed by atoms with Crippen LogP contribution in [0, 0.1) is 5.92 Å². The minimum absolute atomic E-state index is 0.00803. The highest BCUT2D eigenvalue weighted by Gasteiger charge is 2.45. The van der Waals surface area contributed by atoms with Crippen LogP contribution >= 0.6 is 0 Å². The van der Waals surface area contributed by atoms with Crippen LogP contribution < -0.4 is 0 Å². The lowest BCUT2D eigenvalue weighted by molar-refractivity contribution is -0.146. The zero-order valence-corrected chi connectivity index (χ0v) is 26.2. The van der Waals surface area contributed by atoms with Gasteiger partial charge < -0.3 is 18.7 Å². The van der Waals surface area contributed by atoms with Crippen LogP contribution in [0.15, 0.2) is 11.6 Å². The number of carbonyl (C=O) groups is 1. The van der Waals surface area contributed by atoms with E-state index in [1.807, 2.05) is 13.0 Å². The van der Waals surface area contributed by atoms with Crippen molar-refractivity contribution >= 4 is 22.6 Å². The summed E-state index contributed by atoms with van der Waals surface area (Å²) in [5.74, 6) is -0.393. The van der Waals surface area contributed by atoms with Crippen molar-refractivity contribution in [3.05, 3.63) is 11.6 Å². The summed E-state index contributed by atoms with van der Waals surface area (Å²) < 4.78 is 19.0. The van der Waals surface area contributed by atoms with Crippen LogP contribution in [0.1, 0.15) is 87.5 Å². The van der Waals surface area contributed by atoms with E-state index in [1.165, 1.54) is 0 Å². The third kappa shape index (κ3) is 8.58. The lowest BCUT2D eigenvalue weighted by Crippen LogP contribution is -2.50. The van der Waals surface area contributed by atoms with Crippen LogP contribution in [0.4, 0.5) is 0 Å². The van der Waals surface area contributed by atoms with Crippen LogP contribution in [-0.4, -0.2) is 52.6 Å². The average Bonchev–Trinajstić information content (AvgIpc) is 2.65. The van der Waals surface area contributed by atoms with Crippen molar-refractivity contribution < 1.29 is 23.5 Å². The lowest BCUT2D eigenvalue weighted by Gasteiger charge is -2.44. The Morgan fingerprint density at radius 1 is 1.09 bits per heavy atom. The van der Waals surface area contributed by atoms with E-state index >= 15 is 0 Å². The Kier molecular flexibility index (Phi) is 11.3. The van der Waals surface area contributed by atoms with Crippen molar-refractivity contribution in [3.63, 3.8) is 0 Å². The molecule has 0 fully saturated rings. The van der Waals surface area contributed by atoms with Crippen molar-refractivity contribution in [2.24, 2.45) is 5.92 Å². The molecule has 34 heavy (non-hydrogen) atoms. The molecular formula is C27H54O5Si2. The van der Waals surface area contributed by atoms with Gasteiger partial charge >= 0.3 is 5.97 Å². The van der Waals surface area contributed by atoms with Gasteiger partial charge in [-0.05, 0) is 56.0 Å². The van der Waals surface area contributed by atoms with Crippen LogP contribution in [0.2, 0.25) is 36.3 Å². The second-order valence-corrected chi connectivity index (χ2v) is 22.7. The number of rotatable bonds is 11. The standard InChI is InChI=1S/C27H54O5Si2/c1-13-14-15-21-23(28)17-16-22(24(21)32-34(11,12)27(6,7)8)25(29)31-20(2)18-19-30-33(9,10)26(3,4)5/h16,20-21,23-24,28H,13-15,17-19H2,1-12H3/t20-,21+,23+,24+/m1/s1. The molecule has 0 aliphatic heterocycles. The molecule has 0 amide bonds. The van der Waals surface area contributed by atoms with Gasteiger partial charge in [-0.25, -0.2) is 4.79 Å². The Morgan fingerprint density at radius 2 is 1.65 bits per heavy atom. The molecule has 0 spiro atoms. The first-order valence-corrected chi connectivity index (χ1v) is 19.1. The topological polar surface area (TPSA) is 65.0 Å². The summed E-state index contributed by atoms with van der Waals surface area (Å²) in [6, 6.07) is 0. The molecule has 0 saturated heterocycles. The van der Waals surface area contributed by atoms with Crippen LogP contribution in [-0.2, 0) is 18.4 Å². The normalized spacial score (nSPS) is 23.4. The summed E-state index contributed by atoms with van der Waals surface area (Å²) in [5.41, 5.74) is 0.591. The number of aliphatic hydroxyl groups excluding tert-OH is 1. The minimum Gasteiger partial charge on any atom is -0.459 e. The Morgan fingerprint density at radius 3 is 2.15 bits per heavy atom. The summed E-state index contributed by atoms with van der Waals surface area (Å²) in [6.45, 7) is 26.8. The van der Waals surface area contributed by atoms with Crippen LogP contribution in [0.5, 0.6) is 0 Å². The van der Waals surface area contributed by atoms with Gasteiger partial charge in [-0.3, -0.25) is 0 Å². The first kappa shape index (κ1) is 31.6. The molecule has 0 aromatic heterocycles. The Balaban J connectivity index is 2.97. The number of ether oxygens (including phenoxy) is 1. The monoisotopic (exact) mass is 514 g/mol. The van der Waals surface area contributed by atoms with E-state index in [9.17, 15) is 9.90 Å². The maximum Gasteiger partial charge on any atom is 0.336 e. The summed E-state index contributed by atoms with van der Waals surface area (Å²) in [4.78, 5) is 13.3. The fraction of sp³-hybridized carbons (Fsp3) is 0.889. The molecule has 7 heteroatoms. The smallest absolute Gasteiger partial charge is 0.336 e. The number of aliphatic hydroxyl groups is 1. The van der Waals surface area contributed by atoms with E-state index < -0.39 is 28.8 Å². The van der Waals surface area contributed by atoms with Gasteiger partial charge in [0.25, 0.3) is 0 Å². The maximum atomic E-state index is 13.3. The highest BCUT2D eigenvalue weighted by atomic mass is 28.4. The van der Waals surface area contributed by atoms with Gasteiger partial charge in [0, 0.05) is 18.9 Å². The maximum absolute atomic E-state index is 13.3. The number of unbranched alkanes of at least 4 members (excludes halogenated alkanes) is 1. The second kappa shape index (κ2) is 12.2. The van der Waals surface area contributed by atoms with E-state index in [0.29, 0.717) is 25.0 Å². The number of esters is 1. The molecule has 0 aromatic rings. The third-order valence-electron chi connectivity index (χ3n) is 8.23. The fourth-order valence-corrected chi connectivity index (χ4v) is 5.96. The molecule has 0 aromatic carbocycles. The molecule has 5 nitrogen and oxygen atoms in total. The van der Waals surface area contributed by atoms with Gasteiger partial charge in [-0.1, -0.05) is 67.4 Å². The first-order chi connectivity index (χ1) is 15.3. The SMILES string of the molecule is CCCC[C@@H]1[C@H](O[Si](C)(C)C(C)(C)C)C(C(=O)O[C@H](C)CCO[Si](C)(C)C(C)(C)C)=CC[C@@H]1O. The number of hydrogen-bond donors (Lipinski definition) is 1. The van der Waals surface area contributed by atoms with Crippen molar-refractivity contribution in [1.82, 2.24) is 0 Å². The number of carbonyl (C=O) groups excluding carboxylic acids is 1. The van der Waals surface area contributed by atoms with Crippen LogP contribution in [0.3, 0.4) is 0 Å². The van der Waals surface area contributed by atoms with Gasteiger partial charge in [-0.2, -0.15) is 0 Å². The molecule has 1 aliphatic rings. The summed E-state index contributed by atoms with van der Waals surface area (Å²) >= 11 is 0. The second-order valence-electron chi connectivity index (χ2n) is 13.2. The minimum atomic E-state index is -2.17. The van der Waals surface area contributed by atoms with Gasteiger partial charge in [-0.15, -0.1) is 0 Å². The van der Waals surface area contributed by atoms with Crippen molar-refractivity contribution in [1.29, 1.82) is 0 Å².